The van der Waals surface area contributed by atoms with Crippen molar-refractivity contribution in [1.29, 1.82) is 0 Å². The lowest BCUT2D eigenvalue weighted by atomic mass is 9.75. The number of aromatic nitrogens is 2. The number of carbonyl (C=O) groups excluding carboxylic acids is 2. The van der Waals surface area contributed by atoms with Crippen LogP contribution >= 0.6 is 0 Å². The van der Waals surface area contributed by atoms with Gasteiger partial charge in [0.25, 0.3) is 11.5 Å². The maximum atomic E-state index is 12.5. The normalized spacial score (nSPS) is 22.3. The van der Waals surface area contributed by atoms with Gasteiger partial charge in [-0.25, -0.2) is 9.89 Å². The third-order valence-corrected chi connectivity index (χ3v) is 5.86. The van der Waals surface area contributed by atoms with E-state index in [9.17, 15) is 14.4 Å². The highest BCUT2D eigenvalue weighted by molar-refractivity contribution is 6.02. The zero-order valence-corrected chi connectivity index (χ0v) is 15.1. The number of carbonyl (C=O) groups is 2. The van der Waals surface area contributed by atoms with Gasteiger partial charge in [-0.15, -0.1) is 0 Å². The van der Waals surface area contributed by atoms with E-state index in [2.05, 4.69) is 10.2 Å². The van der Waals surface area contributed by atoms with Crippen LogP contribution in [0.15, 0.2) is 29.1 Å². The van der Waals surface area contributed by atoms with E-state index >= 15 is 0 Å². The van der Waals surface area contributed by atoms with E-state index in [-0.39, 0.29) is 23.8 Å². The summed E-state index contributed by atoms with van der Waals surface area (Å²) in [4.78, 5) is 38.5. The van der Waals surface area contributed by atoms with E-state index in [1.807, 2.05) is 4.90 Å². The summed E-state index contributed by atoms with van der Waals surface area (Å²) in [6.07, 6.45) is 6.03. The van der Waals surface area contributed by atoms with Crippen LogP contribution in [0.5, 0.6) is 0 Å². The van der Waals surface area contributed by atoms with E-state index in [0.29, 0.717) is 16.7 Å². The van der Waals surface area contributed by atoms with Gasteiger partial charge in [-0.1, -0.05) is 37.5 Å². The van der Waals surface area contributed by atoms with Gasteiger partial charge in [0.2, 0.25) is 0 Å². The average molecular weight is 369 g/mol. The number of amides is 1. The molecular formula is C20H23N3O4. The Hall–Kier alpha value is -2.70. The number of hydrogen-bond acceptors (Lipinski definition) is 5. The highest BCUT2D eigenvalue weighted by Crippen LogP contribution is 2.36. The second-order valence-corrected chi connectivity index (χ2v) is 7.46. The van der Waals surface area contributed by atoms with Crippen LogP contribution < -0.4 is 5.56 Å². The molecule has 4 rings (SSSR count). The van der Waals surface area contributed by atoms with Crippen molar-refractivity contribution in [3.63, 3.8) is 0 Å². The van der Waals surface area contributed by atoms with E-state index in [1.54, 1.807) is 24.3 Å². The molecule has 27 heavy (non-hydrogen) atoms. The molecule has 0 spiro atoms. The number of piperidine rings is 1. The van der Waals surface area contributed by atoms with Crippen molar-refractivity contribution in [2.45, 2.75) is 32.1 Å². The largest absolute Gasteiger partial charge is 0.451 e. The lowest BCUT2D eigenvalue weighted by molar-refractivity contribution is -0.137. The van der Waals surface area contributed by atoms with E-state index in [4.69, 9.17) is 4.74 Å². The van der Waals surface area contributed by atoms with Crippen LogP contribution in [0.4, 0.5) is 0 Å². The topological polar surface area (TPSA) is 92.4 Å². The Morgan fingerprint density at radius 3 is 2.67 bits per heavy atom. The first-order valence-corrected chi connectivity index (χ1v) is 9.56. The van der Waals surface area contributed by atoms with Crippen molar-refractivity contribution >= 4 is 22.6 Å². The molecule has 1 aliphatic carbocycles. The first-order valence-electron chi connectivity index (χ1n) is 9.56. The van der Waals surface area contributed by atoms with Crippen molar-refractivity contribution in [3.8, 4) is 0 Å². The molecule has 2 fully saturated rings. The predicted molar refractivity (Wildman–Crippen MR) is 99.3 cm³/mol. The van der Waals surface area contributed by atoms with Crippen LogP contribution in [0.3, 0.4) is 0 Å². The number of aromatic amines is 1. The van der Waals surface area contributed by atoms with Gasteiger partial charge in [0, 0.05) is 18.5 Å². The number of H-pyrrole nitrogens is 1. The number of nitrogens with zero attached hydrogens (tertiary/aromatic N) is 2. The van der Waals surface area contributed by atoms with Gasteiger partial charge >= 0.3 is 5.97 Å². The van der Waals surface area contributed by atoms with Gasteiger partial charge < -0.3 is 9.64 Å². The van der Waals surface area contributed by atoms with E-state index < -0.39 is 5.97 Å². The highest BCUT2D eigenvalue weighted by atomic mass is 16.5. The van der Waals surface area contributed by atoms with Gasteiger partial charge in [-0.2, -0.15) is 5.10 Å². The number of esters is 1. The zero-order chi connectivity index (χ0) is 18.8. The molecule has 1 N–H and O–H groups in total. The second-order valence-electron chi connectivity index (χ2n) is 7.46. The van der Waals surface area contributed by atoms with Gasteiger partial charge in [0.05, 0.1) is 5.39 Å². The average Bonchev–Trinajstić information content (AvgIpc) is 2.72. The first-order chi connectivity index (χ1) is 13.1. The van der Waals surface area contributed by atoms with Crippen LogP contribution in [0.1, 0.15) is 42.6 Å². The van der Waals surface area contributed by atoms with Gasteiger partial charge in [-0.3, -0.25) is 9.59 Å². The Balaban J connectivity index is 1.40. The molecule has 7 heteroatoms. The van der Waals surface area contributed by atoms with Gasteiger partial charge in [0.15, 0.2) is 12.3 Å². The lowest BCUT2D eigenvalue weighted by Crippen LogP contribution is -2.46. The van der Waals surface area contributed by atoms with Crippen LogP contribution in [0.2, 0.25) is 0 Å². The van der Waals surface area contributed by atoms with Crippen LogP contribution in [-0.4, -0.2) is 46.7 Å². The Labute approximate surface area is 156 Å². The van der Waals surface area contributed by atoms with Crippen molar-refractivity contribution in [2.75, 3.05) is 19.7 Å². The molecule has 2 heterocycles. The third kappa shape index (κ3) is 3.59. The fourth-order valence-corrected chi connectivity index (χ4v) is 4.38. The summed E-state index contributed by atoms with van der Waals surface area (Å²) in [5, 5.41) is 6.90. The number of hydrogen-bond donors (Lipinski definition) is 1. The molecule has 1 saturated carbocycles. The zero-order valence-electron chi connectivity index (χ0n) is 15.1. The molecule has 1 aromatic heterocycles. The smallest absolute Gasteiger partial charge is 0.359 e. The number of fused-ring (bicyclic) bond motifs is 2. The molecule has 1 amide bonds. The summed E-state index contributed by atoms with van der Waals surface area (Å²) < 4.78 is 5.21. The third-order valence-electron chi connectivity index (χ3n) is 5.86. The first kappa shape index (κ1) is 17.7. The molecule has 1 aromatic carbocycles. The van der Waals surface area contributed by atoms with Crippen LogP contribution in [0.25, 0.3) is 10.8 Å². The minimum Gasteiger partial charge on any atom is -0.451 e. The predicted octanol–water partition coefficient (Wildman–Crippen LogP) is 2.12. The summed E-state index contributed by atoms with van der Waals surface area (Å²) in [6, 6.07) is 6.70. The molecule has 0 radical (unpaired) electrons. The van der Waals surface area contributed by atoms with Gasteiger partial charge in [0.1, 0.15) is 0 Å². The molecule has 1 saturated heterocycles. The molecule has 2 aliphatic rings. The quantitative estimate of drug-likeness (QED) is 0.837. The Morgan fingerprint density at radius 1 is 1.11 bits per heavy atom. The number of ether oxygens (including phenoxy) is 1. The fraction of sp³-hybridized carbons (Fsp3) is 0.500. The van der Waals surface area contributed by atoms with Crippen LogP contribution in [0, 0.1) is 11.8 Å². The maximum Gasteiger partial charge on any atom is 0.359 e. The van der Waals surface area contributed by atoms with Crippen LogP contribution in [-0.2, 0) is 9.53 Å². The summed E-state index contributed by atoms with van der Waals surface area (Å²) in [5.41, 5.74) is -0.349. The van der Waals surface area contributed by atoms with E-state index in [0.717, 1.165) is 25.4 Å². The molecule has 2 atom stereocenters. The molecular weight excluding hydrogens is 346 g/mol. The highest BCUT2D eigenvalue weighted by Gasteiger charge is 2.33. The fourth-order valence-electron chi connectivity index (χ4n) is 4.38. The molecule has 2 aromatic rings. The number of nitrogens with one attached hydrogen (secondary N) is 1. The van der Waals surface area contributed by atoms with Crippen molar-refractivity contribution < 1.29 is 14.3 Å². The molecule has 0 unspecified atom stereocenters. The van der Waals surface area contributed by atoms with Gasteiger partial charge in [-0.05, 0) is 30.7 Å². The Morgan fingerprint density at radius 2 is 1.85 bits per heavy atom. The SMILES string of the molecule is O=C(OCC(=O)N1CC[C@@H]2CCCC[C@H]2C1)c1n[nH]c(=O)c2ccccc12. The van der Waals surface area contributed by atoms with Crippen molar-refractivity contribution in [2.24, 2.45) is 11.8 Å². The van der Waals surface area contributed by atoms with Crippen molar-refractivity contribution in [3.05, 3.63) is 40.3 Å². The Bertz CT molecular complexity index is 923. The molecule has 1 aliphatic heterocycles. The van der Waals surface area contributed by atoms with E-state index in [1.165, 1.54) is 25.7 Å². The summed E-state index contributed by atoms with van der Waals surface area (Å²) >= 11 is 0. The number of likely N-dealkylation sites (tertiary alicyclic amines) is 1. The minimum absolute atomic E-state index is 0.0176. The minimum atomic E-state index is -0.705. The maximum absolute atomic E-state index is 12.5. The summed E-state index contributed by atoms with van der Waals surface area (Å²) in [5.74, 6) is 0.448. The Kier molecular flexibility index (Phi) is 4.92. The lowest BCUT2D eigenvalue weighted by Gasteiger charge is -2.41. The molecule has 7 nitrogen and oxygen atoms in total. The molecule has 0 bridgehead atoms. The van der Waals surface area contributed by atoms with Crippen molar-refractivity contribution in [1.82, 2.24) is 15.1 Å². The monoisotopic (exact) mass is 369 g/mol. The second kappa shape index (κ2) is 7.50. The number of benzene rings is 1. The summed E-state index contributed by atoms with van der Waals surface area (Å²) in [6.45, 7) is 1.20. The molecule has 142 valence electrons. The standard InChI is InChI=1S/C20H23N3O4/c24-17(23-10-9-13-5-1-2-6-14(13)11-23)12-27-20(26)18-15-7-3-4-8-16(15)19(25)22-21-18/h3-4,7-8,13-14H,1-2,5-6,9-12H2,(H,22,25)/t13-,14-/m0/s1. The summed E-state index contributed by atoms with van der Waals surface area (Å²) in [7, 11) is 0. The number of rotatable bonds is 3.